The molecular formula is C25H21ClN2O2S. The van der Waals surface area contributed by atoms with Gasteiger partial charge in [-0.25, -0.2) is 0 Å². The SMILES string of the molecule is Cc1ccc(NC2=C(Sc3ccc(Cl)cc3)C(=O)N(CCc3ccccc3)C2=O)cc1. The number of halogens is 1. The number of carbonyl (C=O) groups is 2. The van der Waals surface area contributed by atoms with E-state index in [0.717, 1.165) is 21.7 Å². The molecule has 3 aromatic carbocycles. The number of nitrogens with zero attached hydrogens (tertiary/aromatic N) is 1. The third kappa shape index (κ3) is 5.01. The molecule has 0 bridgehead atoms. The molecular weight excluding hydrogens is 428 g/mol. The van der Waals surface area contributed by atoms with Crippen molar-refractivity contribution in [1.82, 2.24) is 4.90 Å². The number of imide groups is 1. The average molecular weight is 449 g/mol. The predicted octanol–water partition coefficient (Wildman–Crippen LogP) is 5.68. The smallest absolute Gasteiger partial charge is 0.278 e. The molecule has 0 spiro atoms. The number of hydrogen-bond donors (Lipinski definition) is 1. The summed E-state index contributed by atoms with van der Waals surface area (Å²) in [6, 6.07) is 24.8. The number of amides is 2. The van der Waals surface area contributed by atoms with Crippen molar-refractivity contribution >= 4 is 40.9 Å². The normalized spacial score (nSPS) is 13.8. The van der Waals surface area contributed by atoms with E-state index in [0.29, 0.717) is 28.6 Å². The van der Waals surface area contributed by atoms with Gasteiger partial charge in [0.15, 0.2) is 0 Å². The van der Waals surface area contributed by atoms with E-state index in [1.165, 1.54) is 16.7 Å². The van der Waals surface area contributed by atoms with E-state index < -0.39 is 0 Å². The summed E-state index contributed by atoms with van der Waals surface area (Å²) in [4.78, 5) is 29.0. The third-order valence-corrected chi connectivity index (χ3v) is 6.29. The highest BCUT2D eigenvalue weighted by atomic mass is 35.5. The fourth-order valence-corrected chi connectivity index (χ4v) is 4.32. The molecule has 0 fully saturated rings. The third-order valence-electron chi connectivity index (χ3n) is 4.95. The Hall–Kier alpha value is -3.02. The quantitative estimate of drug-likeness (QED) is 0.473. The van der Waals surface area contributed by atoms with Gasteiger partial charge in [0.1, 0.15) is 10.6 Å². The second kappa shape index (κ2) is 9.41. The number of benzene rings is 3. The van der Waals surface area contributed by atoms with Gasteiger partial charge < -0.3 is 5.32 Å². The lowest BCUT2D eigenvalue weighted by atomic mass is 10.1. The first-order valence-corrected chi connectivity index (χ1v) is 11.1. The van der Waals surface area contributed by atoms with Gasteiger partial charge in [-0.05, 0) is 55.3 Å². The summed E-state index contributed by atoms with van der Waals surface area (Å²) in [5.41, 5.74) is 3.27. The first-order valence-electron chi connectivity index (χ1n) is 9.93. The van der Waals surface area contributed by atoms with E-state index in [9.17, 15) is 9.59 Å². The number of rotatable bonds is 7. The topological polar surface area (TPSA) is 49.4 Å². The molecule has 0 atom stereocenters. The van der Waals surface area contributed by atoms with Crippen LogP contribution in [0.15, 0.2) is 94.4 Å². The lowest BCUT2D eigenvalue weighted by Crippen LogP contribution is -2.34. The number of nitrogens with one attached hydrogen (secondary N) is 1. The molecule has 1 heterocycles. The average Bonchev–Trinajstić information content (AvgIpc) is 3.00. The van der Waals surface area contributed by atoms with Crippen LogP contribution in [0, 0.1) is 6.92 Å². The van der Waals surface area contributed by atoms with Crippen molar-refractivity contribution in [2.24, 2.45) is 0 Å². The van der Waals surface area contributed by atoms with Crippen molar-refractivity contribution in [2.45, 2.75) is 18.2 Å². The van der Waals surface area contributed by atoms with Gasteiger partial charge >= 0.3 is 0 Å². The number of thioether (sulfide) groups is 1. The minimum atomic E-state index is -0.307. The summed E-state index contributed by atoms with van der Waals surface area (Å²) < 4.78 is 0. The Bertz CT molecular complexity index is 1060. The largest absolute Gasteiger partial charge is 0.350 e. The van der Waals surface area contributed by atoms with Gasteiger partial charge in [0.2, 0.25) is 0 Å². The highest BCUT2D eigenvalue weighted by molar-refractivity contribution is 8.04. The van der Waals surface area contributed by atoms with Crippen LogP contribution in [-0.2, 0) is 16.0 Å². The van der Waals surface area contributed by atoms with Crippen molar-refractivity contribution in [3.63, 3.8) is 0 Å². The lowest BCUT2D eigenvalue weighted by Gasteiger charge is -2.15. The van der Waals surface area contributed by atoms with E-state index >= 15 is 0 Å². The van der Waals surface area contributed by atoms with Crippen LogP contribution in [0.2, 0.25) is 5.02 Å². The summed E-state index contributed by atoms with van der Waals surface area (Å²) in [5, 5.41) is 3.80. The van der Waals surface area contributed by atoms with E-state index in [-0.39, 0.29) is 11.8 Å². The fraction of sp³-hybridized carbons (Fsp3) is 0.120. The number of anilines is 1. The maximum absolute atomic E-state index is 13.2. The lowest BCUT2D eigenvalue weighted by molar-refractivity contribution is -0.137. The van der Waals surface area contributed by atoms with Crippen molar-refractivity contribution in [2.75, 3.05) is 11.9 Å². The Balaban J connectivity index is 1.61. The molecule has 156 valence electrons. The molecule has 1 aliphatic rings. The van der Waals surface area contributed by atoms with Crippen LogP contribution in [-0.4, -0.2) is 23.3 Å². The molecule has 0 saturated carbocycles. The first-order chi connectivity index (χ1) is 15.0. The molecule has 31 heavy (non-hydrogen) atoms. The van der Waals surface area contributed by atoms with Crippen LogP contribution in [0.3, 0.4) is 0 Å². The standard InChI is InChI=1S/C25H21ClN2O2S/c1-17-7-11-20(12-8-17)27-22-23(31-21-13-9-19(26)10-14-21)25(30)28(24(22)29)16-15-18-5-3-2-4-6-18/h2-14,27H,15-16H2,1H3. The highest BCUT2D eigenvalue weighted by Gasteiger charge is 2.38. The second-order valence-electron chi connectivity index (χ2n) is 7.25. The Morgan fingerprint density at radius 1 is 0.871 bits per heavy atom. The van der Waals surface area contributed by atoms with E-state index in [2.05, 4.69) is 5.32 Å². The zero-order chi connectivity index (χ0) is 21.8. The maximum atomic E-state index is 13.2. The van der Waals surface area contributed by atoms with E-state index in [1.807, 2.05) is 73.7 Å². The van der Waals surface area contributed by atoms with Crippen LogP contribution < -0.4 is 5.32 Å². The second-order valence-corrected chi connectivity index (χ2v) is 8.77. The molecule has 2 amide bonds. The van der Waals surface area contributed by atoms with Crippen molar-refractivity contribution in [3.8, 4) is 0 Å². The van der Waals surface area contributed by atoms with Crippen molar-refractivity contribution in [3.05, 3.63) is 106 Å². The number of aryl methyl sites for hydroxylation is 1. The van der Waals surface area contributed by atoms with Gasteiger partial charge in [0.25, 0.3) is 11.8 Å². The maximum Gasteiger partial charge on any atom is 0.278 e. The molecule has 1 aliphatic heterocycles. The zero-order valence-electron chi connectivity index (χ0n) is 17.0. The van der Waals surface area contributed by atoms with E-state index in [4.69, 9.17) is 11.6 Å². The molecule has 0 aliphatic carbocycles. The monoisotopic (exact) mass is 448 g/mol. The van der Waals surface area contributed by atoms with Crippen molar-refractivity contribution < 1.29 is 9.59 Å². The molecule has 4 rings (SSSR count). The Labute approximate surface area is 190 Å². The Morgan fingerprint density at radius 3 is 2.23 bits per heavy atom. The molecule has 0 saturated heterocycles. The Kier molecular flexibility index (Phi) is 6.44. The summed E-state index contributed by atoms with van der Waals surface area (Å²) in [6.45, 7) is 2.33. The summed E-state index contributed by atoms with van der Waals surface area (Å²) >= 11 is 7.26. The number of carbonyl (C=O) groups excluding carboxylic acids is 2. The molecule has 4 nitrogen and oxygen atoms in total. The predicted molar refractivity (Wildman–Crippen MR) is 126 cm³/mol. The van der Waals surface area contributed by atoms with Crippen LogP contribution in [0.4, 0.5) is 5.69 Å². The first kappa shape index (κ1) is 21.2. The summed E-state index contributed by atoms with van der Waals surface area (Å²) in [7, 11) is 0. The molecule has 0 aromatic heterocycles. The van der Waals surface area contributed by atoms with Gasteiger partial charge in [-0.15, -0.1) is 0 Å². The minimum absolute atomic E-state index is 0.282. The zero-order valence-corrected chi connectivity index (χ0v) is 18.5. The van der Waals surface area contributed by atoms with Crippen LogP contribution in [0.1, 0.15) is 11.1 Å². The number of hydrogen-bond acceptors (Lipinski definition) is 4. The highest BCUT2D eigenvalue weighted by Crippen LogP contribution is 2.36. The molecule has 0 radical (unpaired) electrons. The van der Waals surface area contributed by atoms with Gasteiger partial charge in [-0.3, -0.25) is 14.5 Å². The van der Waals surface area contributed by atoms with Gasteiger partial charge in [0.05, 0.1) is 0 Å². The van der Waals surface area contributed by atoms with Crippen molar-refractivity contribution in [1.29, 1.82) is 0 Å². The van der Waals surface area contributed by atoms with Gasteiger partial charge in [-0.2, -0.15) is 0 Å². The van der Waals surface area contributed by atoms with Crippen LogP contribution in [0.25, 0.3) is 0 Å². The fourth-order valence-electron chi connectivity index (χ4n) is 3.25. The minimum Gasteiger partial charge on any atom is -0.350 e. The molecule has 3 aromatic rings. The van der Waals surface area contributed by atoms with Gasteiger partial charge in [0, 0.05) is 22.2 Å². The van der Waals surface area contributed by atoms with Crippen LogP contribution in [0.5, 0.6) is 0 Å². The summed E-state index contributed by atoms with van der Waals surface area (Å²) in [5.74, 6) is -0.589. The molecule has 0 unspecified atom stereocenters. The summed E-state index contributed by atoms with van der Waals surface area (Å²) in [6.07, 6.45) is 0.606. The van der Waals surface area contributed by atoms with E-state index in [1.54, 1.807) is 12.1 Å². The molecule has 6 heteroatoms. The van der Waals surface area contributed by atoms with Crippen LogP contribution >= 0.6 is 23.4 Å². The van der Waals surface area contributed by atoms with Gasteiger partial charge in [-0.1, -0.05) is 71.4 Å². The molecule has 1 N–H and O–H groups in total. The Morgan fingerprint density at radius 2 is 1.55 bits per heavy atom.